The number of para-hydroxylation sites is 2. The Balaban J connectivity index is 1.16. The molecule has 3 saturated heterocycles. The molecule has 0 aliphatic carbocycles. The van der Waals surface area contributed by atoms with Gasteiger partial charge in [-0.15, -0.1) is 0 Å². The van der Waals surface area contributed by atoms with Crippen molar-refractivity contribution in [2.45, 2.75) is 82.3 Å². The van der Waals surface area contributed by atoms with Gasteiger partial charge in [-0.1, -0.05) is 49.0 Å². The van der Waals surface area contributed by atoms with E-state index in [1.54, 1.807) is 0 Å². The molecular formula is C32H41N5O. The van der Waals surface area contributed by atoms with Crippen molar-refractivity contribution in [2.24, 2.45) is 0 Å². The van der Waals surface area contributed by atoms with E-state index in [0.29, 0.717) is 23.8 Å². The summed E-state index contributed by atoms with van der Waals surface area (Å²) in [4.78, 5) is 22.3. The second-order valence-electron chi connectivity index (χ2n) is 11.9. The van der Waals surface area contributed by atoms with Gasteiger partial charge in [-0.05, 0) is 88.4 Å². The van der Waals surface area contributed by atoms with Crippen LogP contribution in [0.2, 0.25) is 0 Å². The Kier molecular flexibility index (Phi) is 6.77. The number of carbonyl (C=O) groups is 1. The van der Waals surface area contributed by atoms with Crippen LogP contribution in [0.1, 0.15) is 69.3 Å². The van der Waals surface area contributed by atoms with Crippen LogP contribution in [0, 0.1) is 6.92 Å². The molecular weight excluding hydrogens is 470 g/mol. The molecule has 2 unspecified atom stereocenters. The van der Waals surface area contributed by atoms with E-state index < -0.39 is 0 Å². The number of allylic oxidation sites excluding steroid dienone is 1. The van der Waals surface area contributed by atoms with Crippen molar-refractivity contribution in [3.8, 4) is 0 Å². The van der Waals surface area contributed by atoms with Gasteiger partial charge >= 0.3 is 6.03 Å². The standard InChI is InChI=1S/C32H41N5O/c1-23(2)33-31(38)35-18-15-32(16-19-35,25-9-5-4-6-10-25)17-20-36-26-13-14-27(36)22-28(21-26)37-24(3)34-29-11-7-8-12-30(29)37/h4-12,26-28H,1,13-22H2,2-3H3,(H,33,38). The van der Waals surface area contributed by atoms with Crippen LogP contribution in [0.4, 0.5) is 4.79 Å². The molecule has 1 aromatic heterocycles. The van der Waals surface area contributed by atoms with Crippen LogP contribution >= 0.6 is 0 Å². The number of fused-ring (bicyclic) bond motifs is 3. The van der Waals surface area contributed by atoms with Crippen molar-refractivity contribution in [3.63, 3.8) is 0 Å². The van der Waals surface area contributed by atoms with Gasteiger partial charge in [0.2, 0.25) is 0 Å². The average molecular weight is 512 g/mol. The lowest BCUT2D eigenvalue weighted by Crippen LogP contribution is -2.50. The summed E-state index contributed by atoms with van der Waals surface area (Å²) in [6, 6.07) is 21.5. The molecule has 4 heterocycles. The van der Waals surface area contributed by atoms with Gasteiger partial charge in [0.25, 0.3) is 0 Å². The van der Waals surface area contributed by atoms with Gasteiger partial charge in [-0.2, -0.15) is 0 Å². The van der Waals surface area contributed by atoms with E-state index in [2.05, 4.69) is 82.9 Å². The molecule has 2 amide bonds. The third-order valence-electron chi connectivity index (χ3n) is 9.56. The smallest absolute Gasteiger partial charge is 0.321 e. The number of piperidine rings is 2. The quantitative estimate of drug-likeness (QED) is 0.430. The summed E-state index contributed by atoms with van der Waals surface area (Å²) in [6.07, 6.45) is 8.20. The van der Waals surface area contributed by atoms with Crippen molar-refractivity contribution >= 4 is 17.1 Å². The number of amides is 2. The Morgan fingerprint density at radius 1 is 1.00 bits per heavy atom. The van der Waals surface area contributed by atoms with Gasteiger partial charge in [-0.3, -0.25) is 4.90 Å². The summed E-state index contributed by atoms with van der Waals surface area (Å²) in [5, 5.41) is 2.89. The van der Waals surface area contributed by atoms with E-state index in [0.717, 1.165) is 50.2 Å². The topological polar surface area (TPSA) is 53.4 Å². The lowest BCUT2D eigenvalue weighted by atomic mass is 9.70. The van der Waals surface area contributed by atoms with E-state index in [9.17, 15) is 4.79 Å². The van der Waals surface area contributed by atoms with Crippen LogP contribution in [0.3, 0.4) is 0 Å². The normalized spacial score (nSPS) is 25.0. The minimum atomic E-state index is -0.0124. The second kappa shape index (κ2) is 10.2. The first-order chi connectivity index (χ1) is 18.4. The summed E-state index contributed by atoms with van der Waals surface area (Å²) >= 11 is 0. The third-order valence-corrected chi connectivity index (χ3v) is 9.56. The molecule has 200 valence electrons. The molecule has 3 aliphatic heterocycles. The maximum Gasteiger partial charge on any atom is 0.321 e. The molecule has 2 atom stereocenters. The Labute approximate surface area is 226 Å². The van der Waals surface area contributed by atoms with Gasteiger partial charge < -0.3 is 14.8 Å². The summed E-state index contributed by atoms with van der Waals surface area (Å²) in [5.74, 6) is 1.15. The van der Waals surface area contributed by atoms with Gasteiger partial charge in [0.15, 0.2) is 0 Å². The zero-order chi connectivity index (χ0) is 26.3. The molecule has 2 aromatic carbocycles. The molecule has 2 bridgehead atoms. The second-order valence-corrected chi connectivity index (χ2v) is 11.9. The number of carbonyl (C=O) groups excluding carboxylic acids is 1. The van der Waals surface area contributed by atoms with Gasteiger partial charge in [0, 0.05) is 36.9 Å². The largest absolute Gasteiger partial charge is 0.325 e. The molecule has 38 heavy (non-hydrogen) atoms. The SMILES string of the molecule is C=C(C)NC(=O)N1CCC(CCN2C3CCC2CC(n2c(C)nc4ccccc42)C3)(c2ccccc2)CC1. The first-order valence-electron chi connectivity index (χ1n) is 14.4. The zero-order valence-electron chi connectivity index (χ0n) is 22.9. The van der Waals surface area contributed by atoms with Crippen LogP contribution in [-0.4, -0.2) is 57.1 Å². The molecule has 0 spiro atoms. The zero-order valence-corrected chi connectivity index (χ0v) is 22.9. The van der Waals surface area contributed by atoms with E-state index in [1.807, 2.05) is 11.8 Å². The molecule has 1 N–H and O–H groups in total. The number of hydrogen-bond acceptors (Lipinski definition) is 3. The molecule has 3 fully saturated rings. The highest BCUT2D eigenvalue weighted by Crippen LogP contribution is 2.45. The maximum absolute atomic E-state index is 12.6. The van der Waals surface area contributed by atoms with Crippen molar-refractivity contribution in [1.82, 2.24) is 24.7 Å². The third kappa shape index (κ3) is 4.64. The lowest BCUT2D eigenvalue weighted by molar-refractivity contribution is 0.0860. The summed E-state index contributed by atoms with van der Waals surface area (Å²) in [5.41, 5.74) is 4.66. The van der Waals surface area contributed by atoms with E-state index in [1.165, 1.54) is 36.8 Å². The van der Waals surface area contributed by atoms with Crippen LogP contribution < -0.4 is 5.32 Å². The lowest BCUT2D eigenvalue weighted by Gasteiger charge is -2.45. The number of benzene rings is 2. The first kappa shape index (κ1) is 25.2. The monoisotopic (exact) mass is 511 g/mol. The summed E-state index contributed by atoms with van der Waals surface area (Å²) in [6.45, 7) is 10.6. The Hall–Kier alpha value is -3.12. The number of imidazole rings is 1. The van der Waals surface area contributed by atoms with Crippen LogP contribution in [0.25, 0.3) is 11.0 Å². The van der Waals surface area contributed by atoms with E-state index >= 15 is 0 Å². The number of urea groups is 1. The molecule has 6 heteroatoms. The van der Waals surface area contributed by atoms with E-state index in [4.69, 9.17) is 4.98 Å². The fourth-order valence-electron chi connectivity index (χ4n) is 7.66. The number of aryl methyl sites for hydroxylation is 1. The fraction of sp³-hybridized carbons (Fsp3) is 0.500. The highest BCUT2D eigenvalue weighted by molar-refractivity contribution is 5.76. The maximum atomic E-state index is 12.6. The number of hydrogen-bond donors (Lipinski definition) is 1. The average Bonchev–Trinajstić information content (AvgIpc) is 3.38. The van der Waals surface area contributed by atoms with Crippen molar-refractivity contribution in [2.75, 3.05) is 19.6 Å². The Morgan fingerprint density at radius 2 is 1.66 bits per heavy atom. The predicted octanol–water partition coefficient (Wildman–Crippen LogP) is 6.18. The molecule has 0 radical (unpaired) electrons. The Morgan fingerprint density at radius 3 is 2.34 bits per heavy atom. The van der Waals surface area contributed by atoms with Crippen molar-refractivity contribution < 1.29 is 4.79 Å². The van der Waals surface area contributed by atoms with Gasteiger partial charge in [-0.25, -0.2) is 9.78 Å². The highest BCUT2D eigenvalue weighted by atomic mass is 16.2. The van der Waals surface area contributed by atoms with Crippen LogP contribution in [0.15, 0.2) is 66.9 Å². The molecule has 3 aliphatic rings. The minimum absolute atomic E-state index is 0.0124. The number of rotatable bonds is 6. The minimum Gasteiger partial charge on any atom is -0.325 e. The highest BCUT2D eigenvalue weighted by Gasteiger charge is 2.44. The molecule has 0 saturated carbocycles. The fourth-order valence-corrected chi connectivity index (χ4v) is 7.66. The van der Waals surface area contributed by atoms with Gasteiger partial charge in [0.1, 0.15) is 5.82 Å². The number of nitrogens with zero attached hydrogens (tertiary/aromatic N) is 4. The number of nitrogens with one attached hydrogen (secondary N) is 1. The van der Waals surface area contributed by atoms with Crippen LogP contribution in [-0.2, 0) is 5.41 Å². The Bertz CT molecular complexity index is 1290. The molecule has 6 rings (SSSR count). The summed E-state index contributed by atoms with van der Waals surface area (Å²) < 4.78 is 2.52. The molecule has 6 nitrogen and oxygen atoms in total. The summed E-state index contributed by atoms with van der Waals surface area (Å²) in [7, 11) is 0. The van der Waals surface area contributed by atoms with Gasteiger partial charge in [0.05, 0.1) is 11.0 Å². The number of likely N-dealkylation sites (tertiary alicyclic amines) is 1. The predicted molar refractivity (Wildman–Crippen MR) is 153 cm³/mol. The van der Waals surface area contributed by atoms with Crippen molar-refractivity contribution in [3.05, 3.63) is 78.3 Å². The van der Waals surface area contributed by atoms with Crippen LogP contribution in [0.5, 0.6) is 0 Å². The number of aromatic nitrogens is 2. The van der Waals surface area contributed by atoms with E-state index in [-0.39, 0.29) is 11.4 Å². The molecule has 3 aromatic rings. The van der Waals surface area contributed by atoms with Crippen molar-refractivity contribution in [1.29, 1.82) is 0 Å². The first-order valence-corrected chi connectivity index (χ1v) is 14.4.